The first kappa shape index (κ1) is 35.4. The summed E-state index contributed by atoms with van der Waals surface area (Å²) < 4.78 is 34.1. The monoisotopic (exact) mass is 655 g/mol. The summed E-state index contributed by atoms with van der Waals surface area (Å²) in [5.41, 5.74) is 5.57. The van der Waals surface area contributed by atoms with Crippen LogP contribution in [0.1, 0.15) is 54.7 Å². The Morgan fingerprint density at radius 3 is 2.51 bits per heavy atom. The molecule has 0 radical (unpaired) electrons. The number of phenols is 1. The van der Waals surface area contributed by atoms with E-state index in [2.05, 4.69) is 0 Å². The molecule has 1 amide bonds. The number of methoxy groups -OCH3 is 1. The number of aryl methyl sites for hydroxylation is 1. The summed E-state index contributed by atoms with van der Waals surface area (Å²) in [4.78, 5) is 38.4. The summed E-state index contributed by atoms with van der Waals surface area (Å²) >= 11 is 0. The number of carbonyl (C=O) groups excluding carboxylic acids is 2. The number of phenolic OH excluding ortho intramolecular Hbond substituents is 1. The lowest BCUT2D eigenvalue weighted by molar-refractivity contribution is -0.304. The maximum atomic E-state index is 13.4. The molecule has 47 heavy (non-hydrogen) atoms. The number of rotatable bonds is 12. The number of carbonyl (C=O) groups is 2. The van der Waals surface area contributed by atoms with Crippen molar-refractivity contribution in [2.45, 2.75) is 77.7 Å². The molecule has 1 aromatic heterocycles. The van der Waals surface area contributed by atoms with E-state index in [1.807, 2.05) is 19.9 Å². The van der Waals surface area contributed by atoms with Crippen molar-refractivity contribution >= 4 is 22.8 Å². The number of Topliss-reactive ketones (excluding diaryl/α,β-unsaturated/α-hetero) is 1. The van der Waals surface area contributed by atoms with Gasteiger partial charge >= 0.3 is 11.7 Å². The number of aliphatic hydroxyl groups is 2. The Kier molecular flexibility index (Phi) is 11.0. The molecule has 2 aromatic carbocycles. The SMILES string of the molecule is CO[C@@H]1[C@@H](OC(N)=O)[C@@H](O)[C@H](Oc2ccc3c(OCCO)c(CC(=O)c4ccc(O)c(CC=C(C)C)c4)c(=O)oc3c2C)OC1(C)C. The van der Waals surface area contributed by atoms with Crippen LogP contribution >= 0.6 is 0 Å². The number of ketones is 1. The van der Waals surface area contributed by atoms with E-state index < -0.39 is 47.7 Å². The van der Waals surface area contributed by atoms with Gasteiger partial charge in [0, 0.05) is 24.7 Å². The van der Waals surface area contributed by atoms with Crippen molar-refractivity contribution in [2.24, 2.45) is 5.73 Å². The summed E-state index contributed by atoms with van der Waals surface area (Å²) in [6.07, 6.45) is -4.10. The van der Waals surface area contributed by atoms with Crippen LogP contribution in [0.5, 0.6) is 17.2 Å². The van der Waals surface area contributed by atoms with Crippen LogP contribution in [-0.2, 0) is 27.1 Å². The third kappa shape index (κ3) is 7.76. The first-order chi connectivity index (χ1) is 22.2. The standard InChI is InChI=1S/C34H41NO12/c1-17(2)7-8-19-15-20(9-11-23(19)37)24(38)16-22-28(43-14-13-36)21-10-12-25(18(3)27(21)45-31(22)40)44-32-26(39)29(46-33(35)41)30(42-6)34(4,5)47-32/h7,9-12,15,26,29-30,32,36-37,39H,8,13-14,16H2,1-6H3,(H2,35,41)/t26-,29+,30-,32-/m1/s1. The number of nitrogens with two attached hydrogens (primary N) is 1. The van der Waals surface area contributed by atoms with Crippen molar-refractivity contribution in [3.05, 3.63) is 74.7 Å². The molecule has 0 saturated carbocycles. The predicted molar refractivity (Wildman–Crippen MR) is 170 cm³/mol. The Labute approximate surface area is 271 Å². The molecule has 13 nitrogen and oxygen atoms in total. The van der Waals surface area contributed by atoms with Crippen molar-refractivity contribution in [1.82, 2.24) is 0 Å². The number of aromatic hydroxyl groups is 1. The second-order valence-corrected chi connectivity index (χ2v) is 12.0. The Balaban J connectivity index is 1.70. The zero-order valence-corrected chi connectivity index (χ0v) is 27.2. The second-order valence-electron chi connectivity index (χ2n) is 12.0. The van der Waals surface area contributed by atoms with E-state index in [1.54, 1.807) is 39.0 Å². The first-order valence-electron chi connectivity index (χ1n) is 15.0. The van der Waals surface area contributed by atoms with Gasteiger partial charge in [0.1, 0.15) is 35.5 Å². The van der Waals surface area contributed by atoms with Crippen LogP contribution in [0.3, 0.4) is 0 Å². The molecule has 0 aliphatic carbocycles. The largest absolute Gasteiger partial charge is 0.508 e. The number of ether oxygens (including phenoxy) is 5. The van der Waals surface area contributed by atoms with E-state index in [0.717, 1.165) is 5.57 Å². The Morgan fingerprint density at radius 2 is 1.87 bits per heavy atom. The van der Waals surface area contributed by atoms with Gasteiger partial charge in [0.15, 0.2) is 18.0 Å². The highest BCUT2D eigenvalue weighted by molar-refractivity contribution is 5.99. The van der Waals surface area contributed by atoms with Crippen molar-refractivity contribution < 1.29 is 53.0 Å². The molecule has 0 spiro atoms. The molecule has 254 valence electrons. The highest BCUT2D eigenvalue weighted by Gasteiger charge is 2.53. The third-order valence-electron chi connectivity index (χ3n) is 7.89. The van der Waals surface area contributed by atoms with Crippen molar-refractivity contribution in [2.75, 3.05) is 20.3 Å². The number of hydrogen-bond donors (Lipinski definition) is 4. The summed E-state index contributed by atoms with van der Waals surface area (Å²) in [5.74, 6) is -0.133. The topological polar surface area (TPSA) is 197 Å². The lowest BCUT2D eigenvalue weighted by Crippen LogP contribution is -2.65. The van der Waals surface area contributed by atoms with E-state index in [0.29, 0.717) is 22.9 Å². The molecular formula is C34H41NO12. The van der Waals surface area contributed by atoms with Crippen LogP contribution in [0, 0.1) is 6.92 Å². The zero-order valence-electron chi connectivity index (χ0n) is 27.2. The van der Waals surface area contributed by atoms with E-state index in [1.165, 1.54) is 19.2 Å². The van der Waals surface area contributed by atoms with Gasteiger partial charge < -0.3 is 49.2 Å². The summed E-state index contributed by atoms with van der Waals surface area (Å²) in [6.45, 7) is 8.29. The minimum atomic E-state index is -1.51. The number of fused-ring (bicyclic) bond motifs is 1. The molecule has 0 bridgehead atoms. The summed E-state index contributed by atoms with van der Waals surface area (Å²) in [7, 11) is 1.38. The fourth-order valence-corrected chi connectivity index (χ4v) is 5.55. The number of amides is 1. The van der Waals surface area contributed by atoms with Crippen LogP contribution in [0.15, 0.2) is 51.2 Å². The van der Waals surface area contributed by atoms with Gasteiger partial charge in [-0.3, -0.25) is 4.79 Å². The average molecular weight is 656 g/mol. The van der Waals surface area contributed by atoms with E-state index in [9.17, 15) is 29.7 Å². The predicted octanol–water partition coefficient (Wildman–Crippen LogP) is 3.47. The number of benzene rings is 2. The molecule has 1 aliphatic rings. The quantitative estimate of drug-likeness (QED) is 0.126. The van der Waals surface area contributed by atoms with Crippen LogP contribution < -0.4 is 20.8 Å². The minimum absolute atomic E-state index is 0.0484. The summed E-state index contributed by atoms with van der Waals surface area (Å²) in [5, 5.41) is 31.1. The van der Waals surface area contributed by atoms with Gasteiger partial charge in [-0.2, -0.15) is 0 Å². The highest BCUT2D eigenvalue weighted by Crippen LogP contribution is 2.38. The Morgan fingerprint density at radius 1 is 1.15 bits per heavy atom. The second kappa shape index (κ2) is 14.6. The number of hydrogen-bond acceptors (Lipinski definition) is 12. The average Bonchev–Trinajstić information content (AvgIpc) is 3.00. The molecule has 3 aromatic rings. The number of allylic oxidation sites excluding steroid dienone is 2. The van der Waals surface area contributed by atoms with Gasteiger partial charge in [-0.05, 0) is 76.9 Å². The lowest BCUT2D eigenvalue weighted by atomic mass is 9.89. The number of aliphatic hydroxyl groups excluding tert-OH is 2. The maximum Gasteiger partial charge on any atom is 0.404 e. The van der Waals surface area contributed by atoms with Gasteiger partial charge in [0.05, 0.1) is 23.2 Å². The molecule has 4 atom stereocenters. The smallest absolute Gasteiger partial charge is 0.404 e. The number of primary amides is 1. The van der Waals surface area contributed by atoms with Crippen LogP contribution in [0.25, 0.3) is 11.0 Å². The van der Waals surface area contributed by atoms with Crippen LogP contribution in [0.4, 0.5) is 4.79 Å². The Hall–Kier alpha value is -4.43. The molecule has 1 fully saturated rings. The first-order valence-corrected chi connectivity index (χ1v) is 15.0. The van der Waals surface area contributed by atoms with E-state index >= 15 is 0 Å². The fraction of sp³-hybridized carbons (Fsp3) is 0.441. The molecule has 0 unspecified atom stereocenters. The summed E-state index contributed by atoms with van der Waals surface area (Å²) in [6, 6.07) is 7.59. The normalized spacial score (nSPS) is 20.4. The molecule has 2 heterocycles. The van der Waals surface area contributed by atoms with Gasteiger partial charge in [0.2, 0.25) is 6.29 Å². The van der Waals surface area contributed by atoms with Crippen molar-refractivity contribution in [1.29, 1.82) is 0 Å². The van der Waals surface area contributed by atoms with Gasteiger partial charge in [0.25, 0.3) is 0 Å². The lowest BCUT2D eigenvalue weighted by Gasteiger charge is -2.47. The molecule has 1 saturated heterocycles. The molecule has 1 aliphatic heterocycles. The van der Waals surface area contributed by atoms with E-state index in [4.69, 9.17) is 33.8 Å². The molecule has 4 rings (SSSR count). The molecule has 13 heteroatoms. The fourth-order valence-electron chi connectivity index (χ4n) is 5.55. The highest BCUT2D eigenvalue weighted by atomic mass is 16.7. The van der Waals surface area contributed by atoms with Gasteiger partial charge in [-0.1, -0.05) is 11.6 Å². The Bertz CT molecular complexity index is 1720. The zero-order chi connectivity index (χ0) is 34.6. The molecular weight excluding hydrogens is 614 g/mol. The third-order valence-corrected chi connectivity index (χ3v) is 7.89. The maximum absolute atomic E-state index is 13.4. The van der Waals surface area contributed by atoms with Crippen LogP contribution in [0.2, 0.25) is 0 Å². The molecule has 5 N–H and O–H groups in total. The van der Waals surface area contributed by atoms with Crippen LogP contribution in [-0.4, -0.2) is 77.7 Å². The van der Waals surface area contributed by atoms with Gasteiger partial charge in [-0.25, -0.2) is 9.59 Å². The minimum Gasteiger partial charge on any atom is -0.508 e. The van der Waals surface area contributed by atoms with Crippen molar-refractivity contribution in [3.8, 4) is 17.2 Å². The van der Waals surface area contributed by atoms with E-state index in [-0.39, 0.29) is 53.6 Å². The van der Waals surface area contributed by atoms with Gasteiger partial charge in [-0.15, -0.1) is 0 Å². The van der Waals surface area contributed by atoms with Crippen molar-refractivity contribution in [3.63, 3.8) is 0 Å².